The standard InChI is InChI=1S/C16H22N4O/c1-12(2)9-17-16(21)13(3)19-14-10-18-20(11-14)15-7-5-4-6-8-15/h4-8,10-13,19H,9H2,1-3H3,(H,17,21). The summed E-state index contributed by atoms with van der Waals surface area (Å²) in [4.78, 5) is 11.9. The molecular weight excluding hydrogens is 264 g/mol. The van der Waals surface area contributed by atoms with Gasteiger partial charge in [0.15, 0.2) is 0 Å². The van der Waals surface area contributed by atoms with Crippen LogP contribution in [0.3, 0.4) is 0 Å². The predicted octanol–water partition coefficient (Wildman–Crippen LogP) is 2.44. The highest BCUT2D eigenvalue weighted by Crippen LogP contribution is 2.12. The van der Waals surface area contributed by atoms with Crippen molar-refractivity contribution < 1.29 is 4.79 Å². The molecule has 21 heavy (non-hydrogen) atoms. The summed E-state index contributed by atoms with van der Waals surface area (Å²) in [5.41, 5.74) is 1.81. The first-order valence-electron chi connectivity index (χ1n) is 7.20. The molecule has 0 spiro atoms. The van der Waals surface area contributed by atoms with Crippen LogP contribution in [0.5, 0.6) is 0 Å². The predicted molar refractivity (Wildman–Crippen MR) is 84.5 cm³/mol. The minimum absolute atomic E-state index is 0.00355. The molecule has 2 rings (SSSR count). The number of hydrogen-bond donors (Lipinski definition) is 2. The minimum Gasteiger partial charge on any atom is -0.371 e. The van der Waals surface area contributed by atoms with E-state index in [1.54, 1.807) is 10.9 Å². The maximum Gasteiger partial charge on any atom is 0.242 e. The Morgan fingerprint density at radius 2 is 1.95 bits per heavy atom. The lowest BCUT2D eigenvalue weighted by atomic mass is 10.2. The Kier molecular flexibility index (Phi) is 4.98. The number of anilines is 1. The topological polar surface area (TPSA) is 59.0 Å². The van der Waals surface area contributed by atoms with Crippen molar-refractivity contribution in [1.82, 2.24) is 15.1 Å². The van der Waals surface area contributed by atoms with Gasteiger partial charge in [-0.05, 0) is 25.0 Å². The van der Waals surface area contributed by atoms with Crippen molar-refractivity contribution >= 4 is 11.6 Å². The Bertz CT molecular complexity index is 577. The second-order valence-corrected chi connectivity index (χ2v) is 5.51. The van der Waals surface area contributed by atoms with E-state index >= 15 is 0 Å². The molecule has 2 aromatic rings. The van der Waals surface area contributed by atoms with Crippen LogP contribution in [0.1, 0.15) is 20.8 Å². The highest BCUT2D eigenvalue weighted by molar-refractivity contribution is 5.84. The Morgan fingerprint density at radius 3 is 2.62 bits per heavy atom. The molecular formula is C16H22N4O. The van der Waals surface area contributed by atoms with Crippen molar-refractivity contribution in [2.24, 2.45) is 5.92 Å². The van der Waals surface area contributed by atoms with Crippen LogP contribution in [0, 0.1) is 5.92 Å². The summed E-state index contributed by atoms with van der Waals surface area (Å²) in [7, 11) is 0. The van der Waals surface area contributed by atoms with Gasteiger partial charge < -0.3 is 10.6 Å². The molecule has 1 aromatic carbocycles. The second-order valence-electron chi connectivity index (χ2n) is 5.51. The van der Waals surface area contributed by atoms with Crippen LogP contribution in [0.2, 0.25) is 0 Å². The van der Waals surface area contributed by atoms with E-state index in [0.29, 0.717) is 12.5 Å². The second kappa shape index (κ2) is 6.92. The van der Waals surface area contributed by atoms with Gasteiger partial charge in [0.1, 0.15) is 6.04 Å². The summed E-state index contributed by atoms with van der Waals surface area (Å²) in [6, 6.07) is 9.56. The fourth-order valence-corrected chi connectivity index (χ4v) is 1.89. The van der Waals surface area contributed by atoms with E-state index in [9.17, 15) is 4.79 Å². The number of carbonyl (C=O) groups is 1. The Labute approximate surface area is 125 Å². The number of aromatic nitrogens is 2. The van der Waals surface area contributed by atoms with Crippen LogP contribution in [0.25, 0.3) is 5.69 Å². The van der Waals surface area contributed by atoms with Gasteiger partial charge in [0, 0.05) is 6.54 Å². The fraction of sp³-hybridized carbons (Fsp3) is 0.375. The van der Waals surface area contributed by atoms with Gasteiger partial charge in [0.2, 0.25) is 5.91 Å². The number of rotatable bonds is 6. The minimum atomic E-state index is -0.294. The number of amides is 1. The maximum absolute atomic E-state index is 11.9. The molecule has 1 aromatic heterocycles. The average Bonchev–Trinajstić information content (AvgIpc) is 2.94. The lowest BCUT2D eigenvalue weighted by Crippen LogP contribution is -2.39. The molecule has 5 nitrogen and oxygen atoms in total. The van der Waals surface area contributed by atoms with Gasteiger partial charge in [-0.1, -0.05) is 32.0 Å². The number of nitrogens with zero attached hydrogens (tertiary/aromatic N) is 2. The molecule has 0 saturated heterocycles. The van der Waals surface area contributed by atoms with E-state index in [1.807, 2.05) is 43.5 Å². The van der Waals surface area contributed by atoms with Crippen molar-refractivity contribution in [3.63, 3.8) is 0 Å². The van der Waals surface area contributed by atoms with Gasteiger partial charge in [-0.2, -0.15) is 5.10 Å². The molecule has 0 aliphatic heterocycles. The van der Waals surface area contributed by atoms with E-state index in [0.717, 1.165) is 11.4 Å². The highest BCUT2D eigenvalue weighted by atomic mass is 16.2. The molecule has 0 radical (unpaired) electrons. The summed E-state index contributed by atoms with van der Waals surface area (Å²) in [6.07, 6.45) is 3.60. The Morgan fingerprint density at radius 1 is 1.24 bits per heavy atom. The third-order valence-corrected chi connectivity index (χ3v) is 3.06. The van der Waals surface area contributed by atoms with E-state index in [1.165, 1.54) is 0 Å². The molecule has 112 valence electrons. The quantitative estimate of drug-likeness (QED) is 0.857. The largest absolute Gasteiger partial charge is 0.371 e. The van der Waals surface area contributed by atoms with Crippen LogP contribution in [0.15, 0.2) is 42.7 Å². The van der Waals surface area contributed by atoms with Gasteiger partial charge in [-0.25, -0.2) is 4.68 Å². The first-order valence-corrected chi connectivity index (χ1v) is 7.20. The van der Waals surface area contributed by atoms with Crippen LogP contribution in [0.4, 0.5) is 5.69 Å². The molecule has 1 amide bonds. The molecule has 1 atom stereocenters. The van der Waals surface area contributed by atoms with E-state index in [2.05, 4.69) is 29.6 Å². The number of nitrogens with one attached hydrogen (secondary N) is 2. The molecule has 2 N–H and O–H groups in total. The third kappa shape index (κ3) is 4.34. The molecule has 0 aliphatic rings. The summed E-state index contributed by atoms with van der Waals surface area (Å²) in [5, 5.41) is 10.4. The zero-order valence-electron chi connectivity index (χ0n) is 12.7. The van der Waals surface area contributed by atoms with Crippen LogP contribution >= 0.6 is 0 Å². The third-order valence-electron chi connectivity index (χ3n) is 3.06. The smallest absolute Gasteiger partial charge is 0.242 e. The van der Waals surface area contributed by atoms with Crippen molar-refractivity contribution in [3.8, 4) is 5.69 Å². The van der Waals surface area contributed by atoms with Gasteiger partial charge in [-0.15, -0.1) is 0 Å². The summed E-state index contributed by atoms with van der Waals surface area (Å²) < 4.78 is 1.78. The van der Waals surface area contributed by atoms with Gasteiger partial charge >= 0.3 is 0 Å². The van der Waals surface area contributed by atoms with Crippen molar-refractivity contribution in [1.29, 1.82) is 0 Å². The number of carbonyl (C=O) groups excluding carboxylic acids is 1. The number of hydrogen-bond acceptors (Lipinski definition) is 3. The zero-order chi connectivity index (χ0) is 15.2. The SMILES string of the molecule is CC(C)CNC(=O)C(C)Nc1cnn(-c2ccccc2)c1. The van der Waals surface area contributed by atoms with Crippen molar-refractivity contribution in [3.05, 3.63) is 42.7 Å². The number of benzene rings is 1. The fourth-order valence-electron chi connectivity index (χ4n) is 1.89. The first-order chi connectivity index (χ1) is 10.1. The van der Waals surface area contributed by atoms with Crippen LogP contribution in [-0.2, 0) is 4.79 Å². The summed E-state index contributed by atoms with van der Waals surface area (Å²) >= 11 is 0. The lowest BCUT2D eigenvalue weighted by molar-refractivity contribution is -0.121. The first kappa shape index (κ1) is 15.1. The molecule has 1 heterocycles. The average molecular weight is 286 g/mol. The van der Waals surface area contributed by atoms with Gasteiger partial charge in [0.25, 0.3) is 0 Å². The van der Waals surface area contributed by atoms with E-state index in [-0.39, 0.29) is 11.9 Å². The Hall–Kier alpha value is -2.30. The monoisotopic (exact) mass is 286 g/mol. The molecule has 0 aliphatic carbocycles. The van der Waals surface area contributed by atoms with Crippen molar-refractivity contribution in [2.45, 2.75) is 26.8 Å². The molecule has 5 heteroatoms. The van der Waals surface area contributed by atoms with Crippen LogP contribution < -0.4 is 10.6 Å². The van der Waals surface area contributed by atoms with Gasteiger partial charge in [-0.3, -0.25) is 4.79 Å². The Balaban J connectivity index is 1.95. The summed E-state index contributed by atoms with van der Waals surface area (Å²) in [5.74, 6) is 0.443. The molecule has 0 bridgehead atoms. The van der Waals surface area contributed by atoms with E-state index < -0.39 is 0 Å². The highest BCUT2D eigenvalue weighted by Gasteiger charge is 2.13. The molecule has 0 saturated carbocycles. The van der Waals surface area contributed by atoms with Crippen LogP contribution in [-0.4, -0.2) is 28.3 Å². The van der Waals surface area contributed by atoms with Crippen molar-refractivity contribution in [2.75, 3.05) is 11.9 Å². The lowest BCUT2D eigenvalue weighted by Gasteiger charge is -2.14. The molecule has 1 unspecified atom stereocenters. The zero-order valence-corrected chi connectivity index (χ0v) is 12.7. The molecule has 0 fully saturated rings. The number of para-hydroxylation sites is 1. The van der Waals surface area contributed by atoms with E-state index in [4.69, 9.17) is 0 Å². The summed E-state index contributed by atoms with van der Waals surface area (Å²) in [6.45, 7) is 6.67. The van der Waals surface area contributed by atoms with Gasteiger partial charge in [0.05, 0.1) is 23.8 Å². The normalized spacial score (nSPS) is 12.2. The maximum atomic E-state index is 11.9.